The lowest BCUT2D eigenvalue weighted by Gasteiger charge is -2.08. The van der Waals surface area contributed by atoms with Crippen LogP contribution in [0.25, 0.3) is 0 Å². The third-order valence-corrected chi connectivity index (χ3v) is 2.35. The van der Waals surface area contributed by atoms with Crippen LogP contribution in [0, 0.1) is 16.0 Å². The van der Waals surface area contributed by atoms with E-state index < -0.39 is 4.92 Å². The fourth-order valence-corrected chi connectivity index (χ4v) is 1.43. The second kappa shape index (κ2) is 7.79. The molecule has 0 bridgehead atoms. The van der Waals surface area contributed by atoms with E-state index in [1.165, 1.54) is 12.1 Å². The zero-order valence-electron chi connectivity index (χ0n) is 10.9. The minimum absolute atomic E-state index is 0.124. The topological polar surface area (TPSA) is 64.4 Å². The van der Waals surface area contributed by atoms with Gasteiger partial charge in [0.1, 0.15) is 0 Å². The maximum Gasteiger partial charge on any atom is 0.269 e. The van der Waals surface area contributed by atoms with Crippen LogP contribution in [-0.4, -0.2) is 24.7 Å². The highest BCUT2D eigenvalue weighted by Crippen LogP contribution is 2.11. The molecule has 100 valence electrons. The van der Waals surface area contributed by atoms with Crippen molar-refractivity contribution in [2.24, 2.45) is 5.92 Å². The lowest BCUT2D eigenvalue weighted by atomic mass is 10.2. The lowest BCUT2D eigenvalue weighted by molar-refractivity contribution is -0.384. The van der Waals surface area contributed by atoms with E-state index in [4.69, 9.17) is 4.74 Å². The van der Waals surface area contributed by atoms with Crippen molar-refractivity contribution in [1.29, 1.82) is 0 Å². The quantitative estimate of drug-likeness (QED) is 0.438. The fourth-order valence-electron chi connectivity index (χ4n) is 1.43. The molecule has 0 spiro atoms. The predicted octanol–water partition coefficient (Wildman–Crippen LogP) is 2.36. The average Bonchev–Trinajstić information content (AvgIpc) is 2.34. The Hall–Kier alpha value is -1.46. The number of ether oxygens (including phenoxy) is 1. The Morgan fingerprint density at radius 2 is 2.00 bits per heavy atom. The molecule has 0 unspecified atom stereocenters. The summed E-state index contributed by atoms with van der Waals surface area (Å²) in [5.41, 5.74) is 1.16. The van der Waals surface area contributed by atoms with Crippen molar-refractivity contribution in [2.45, 2.75) is 20.4 Å². The Bertz CT molecular complexity index is 363. The van der Waals surface area contributed by atoms with Crippen LogP contribution >= 0.6 is 0 Å². The molecular weight excluding hydrogens is 232 g/mol. The summed E-state index contributed by atoms with van der Waals surface area (Å²) >= 11 is 0. The molecule has 0 radical (unpaired) electrons. The van der Waals surface area contributed by atoms with E-state index in [9.17, 15) is 10.1 Å². The van der Waals surface area contributed by atoms with Gasteiger partial charge < -0.3 is 10.1 Å². The van der Waals surface area contributed by atoms with Crippen LogP contribution in [0.4, 0.5) is 5.69 Å². The minimum Gasteiger partial charge on any atom is -0.380 e. The van der Waals surface area contributed by atoms with Gasteiger partial charge in [0.2, 0.25) is 0 Å². The van der Waals surface area contributed by atoms with E-state index in [1.54, 1.807) is 12.1 Å². The molecule has 0 heterocycles. The van der Waals surface area contributed by atoms with Gasteiger partial charge in [-0.1, -0.05) is 26.0 Å². The number of rotatable bonds is 8. The van der Waals surface area contributed by atoms with Gasteiger partial charge in [0.25, 0.3) is 5.69 Å². The van der Waals surface area contributed by atoms with Crippen LogP contribution in [0.1, 0.15) is 19.4 Å². The zero-order valence-corrected chi connectivity index (χ0v) is 10.9. The Kier molecular flexibility index (Phi) is 6.32. The normalized spacial score (nSPS) is 10.8. The first kappa shape index (κ1) is 14.6. The van der Waals surface area contributed by atoms with Crippen molar-refractivity contribution >= 4 is 5.69 Å². The molecule has 0 saturated heterocycles. The predicted molar refractivity (Wildman–Crippen MR) is 70.5 cm³/mol. The van der Waals surface area contributed by atoms with Crippen LogP contribution in [0.3, 0.4) is 0 Å². The minimum atomic E-state index is -0.392. The summed E-state index contributed by atoms with van der Waals surface area (Å²) in [5, 5.41) is 13.7. The number of nitro benzene ring substituents is 1. The molecule has 5 nitrogen and oxygen atoms in total. The van der Waals surface area contributed by atoms with Crippen LogP contribution < -0.4 is 5.32 Å². The monoisotopic (exact) mass is 252 g/mol. The first-order chi connectivity index (χ1) is 8.59. The van der Waals surface area contributed by atoms with Crippen molar-refractivity contribution in [3.05, 3.63) is 39.9 Å². The van der Waals surface area contributed by atoms with Crippen LogP contribution in [0.15, 0.2) is 24.3 Å². The summed E-state index contributed by atoms with van der Waals surface area (Å²) < 4.78 is 5.43. The number of hydrogen-bond acceptors (Lipinski definition) is 4. The van der Waals surface area contributed by atoms with Gasteiger partial charge in [-0.05, 0) is 11.5 Å². The Morgan fingerprint density at radius 3 is 2.56 bits per heavy atom. The largest absolute Gasteiger partial charge is 0.380 e. The average molecular weight is 252 g/mol. The van der Waals surface area contributed by atoms with E-state index in [1.807, 2.05) is 0 Å². The molecule has 0 amide bonds. The van der Waals surface area contributed by atoms with Crippen molar-refractivity contribution in [1.82, 2.24) is 5.32 Å². The highest BCUT2D eigenvalue weighted by atomic mass is 16.6. The summed E-state index contributed by atoms with van der Waals surface area (Å²) in [6, 6.07) is 6.57. The van der Waals surface area contributed by atoms with Crippen LogP contribution in [0.5, 0.6) is 0 Å². The summed E-state index contributed by atoms with van der Waals surface area (Å²) in [5.74, 6) is 0.555. The van der Waals surface area contributed by atoms with Gasteiger partial charge in [-0.3, -0.25) is 10.1 Å². The molecule has 5 heteroatoms. The van der Waals surface area contributed by atoms with E-state index in [0.717, 1.165) is 18.7 Å². The molecule has 1 aromatic carbocycles. The maximum absolute atomic E-state index is 10.5. The van der Waals surface area contributed by atoms with Gasteiger partial charge in [-0.25, -0.2) is 0 Å². The van der Waals surface area contributed by atoms with E-state index >= 15 is 0 Å². The zero-order chi connectivity index (χ0) is 13.4. The van der Waals surface area contributed by atoms with E-state index in [-0.39, 0.29) is 5.69 Å². The molecule has 0 saturated carbocycles. The number of nitrogens with one attached hydrogen (secondary N) is 1. The van der Waals surface area contributed by atoms with E-state index in [2.05, 4.69) is 19.2 Å². The molecule has 0 aromatic heterocycles. The van der Waals surface area contributed by atoms with Gasteiger partial charge in [0.05, 0.1) is 11.5 Å². The second-order valence-corrected chi connectivity index (χ2v) is 4.57. The van der Waals surface area contributed by atoms with Gasteiger partial charge in [-0.15, -0.1) is 0 Å². The summed E-state index contributed by atoms with van der Waals surface area (Å²) in [7, 11) is 0. The number of benzene rings is 1. The molecular formula is C13H20N2O3. The molecule has 1 rings (SSSR count). The summed E-state index contributed by atoms with van der Waals surface area (Å²) in [4.78, 5) is 10.1. The maximum atomic E-state index is 10.5. The van der Waals surface area contributed by atoms with Crippen molar-refractivity contribution in [3.8, 4) is 0 Å². The Labute approximate surface area is 107 Å². The summed E-state index contributed by atoms with van der Waals surface area (Å²) in [6.07, 6.45) is 0. The molecule has 0 aliphatic rings. The molecule has 18 heavy (non-hydrogen) atoms. The molecule has 1 N–H and O–H groups in total. The molecule has 0 fully saturated rings. The smallest absolute Gasteiger partial charge is 0.269 e. The van der Waals surface area contributed by atoms with Crippen molar-refractivity contribution in [3.63, 3.8) is 0 Å². The first-order valence-corrected chi connectivity index (χ1v) is 6.11. The second-order valence-electron chi connectivity index (χ2n) is 4.57. The number of nitrogens with zero attached hydrogens (tertiary/aromatic N) is 1. The molecule has 1 aromatic rings. The van der Waals surface area contributed by atoms with Crippen LogP contribution in [0.2, 0.25) is 0 Å². The highest BCUT2D eigenvalue weighted by Gasteiger charge is 2.03. The van der Waals surface area contributed by atoms with Crippen LogP contribution in [-0.2, 0) is 11.3 Å². The Morgan fingerprint density at radius 1 is 1.33 bits per heavy atom. The van der Waals surface area contributed by atoms with Gasteiger partial charge in [-0.2, -0.15) is 0 Å². The Balaban J connectivity index is 2.17. The standard InChI is InChI=1S/C13H20N2O3/c1-11(2)10-18-8-7-14-9-12-3-5-13(6-4-12)15(16)17/h3-6,11,14H,7-10H2,1-2H3. The third-order valence-electron chi connectivity index (χ3n) is 2.35. The molecule has 0 aliphatic carbocycles. The van der Waals surface area contributed by atoms with Crippen molar-refractivity contribution in [2.75, 3.05) is 19.8 Å². The third kappa shape index (κ3) is 5.75. The molecule has 0 atom stereocenters. The SMILES string of the molecule is CC(C)COCCNCc1ccc([N+](=O)[O-])cc1. The molecule has 0 aliphatic heterocycles. The van der Waals surface area contributed by atoms with Gasteiger partial charge in [0.15, 0.2) is 0 Å². The number of nitro groups is 1. The lowest BCUT2D eigenvalue weighted by Crippen LogP contribution is -2.20. The van der Waals surface area contributed by atoms with Crippen molar-refractivity contribution < 1.29 is 9.66 Å². The van der Waals surface area contributed by atoms with E-state index in [0.29, 0.717) is 19.1 Å². The summed E-state index contributed by atoms with van der Waals surface area (Å²) in [6.45, 7) is 7.17. The number of hydrogen-bond donors (Lipinski definition) is 1. The van der Waals surface area contributed by atoms with Gasteiger partial charge in [0, 0.05) is 31.8 Å². The first-order valence-electron chi connectivity index (χ1n) is 6.11. The highest BCUT2D eigenvalue weighted by molar-refractivity contribution is 5.32. The van der Waals surface area contributed by atoms with Gasteiger partial charge >= 0.3 is 0 Å². The number of non-ortho nitro benzene ring substituents is 1. The fraction of sp³-hybridized carbons (Fsp3) is 0.538.